The van der Waals surface area contributed by atoms with Gasteiger partial charge in [0.1, 0.15) is 18.1 Å². The molecular formula is C7H11NO3. The number of rotatable bonds is 3. The van der Waals surface area contributed by atoms with Crippen LogP contribution in [0.5, 0.6) is 0 Å². The summed E-state index contributed by atoms with van der Waals surface area (Å²) >= 11 is 0. The van der Waals surface area contributed by atoms with E-state index in [-0.39, 0.29) is 13.2 Å². The number of furan rings is 1. The van der Waals surface area contributed by atoms with Crippen LogP contribution in [0.4, 0.5) is 0 Å². The van der Waals surface area contributed by atoms with Gasteiger partial charge < -0.3 is 20.4 Å². The third-order valence-electron chi connectivity index (χ3n) is 1.40. The van der Waals surface area contributed by atoms with Gasteiger partial charge in [0.15, 0.2) is 0 Å². The zero-order valence-corrected chi connectivity index (χ0v) is 6.03. The Hall–Kier alpha value is -0.840. The highest BCUT2D eigenvalue weighted by Crippen LogP contribution is 2.13. The lowest BCUT2D eigenvalue weighted by Crippen LogP contribution is -2.13. The minimum atomic E-state index is -0.490. The van der Waals surface area contributed by atoms with Crippen molar-refractivity contribution in [2.45, 2.75) is 12.6 Å². The van der Waals surface area contributed by atoms with E-state index >= 15 is 0 Å². The third-order valence-corrected chi connectivity index (χ3v) is 1.40. The quantitative estimate of drug-likeness (QED) is 0.566. The Balaban J connectivity index is 2.71. The average Bonchev–Trinajstić information content (AvgIpc) is 2.50. The summed E-state index contributed by atoms with van der Waals surface area (Å²) in [5, 5.41) is 17.2. The lowest BCUT2D eigenvalue weighted by atomic mass is 10.2. The fourth-order valence-corrected chi connectivity index (χ4v) is 0.769. The molecule has 0 bridgehead atoms. The molecule has 0 aliphatic rings. The van der Waals surface area contributed by atoms with Crippen molar-refractivity contribution in [1.29, 1.82) is 0 Å². The lowest BCUT2D eigenvalue weighted by Gasteiger charge is -2.02. The Morgan fingerprint density at radius 1 is 1.45 bits per heavy atom. The zero-order valence-electron chi connectivity index (χ0n) is 6.03. The molecule has 1 unspecified atom stereocenters. The average molecular weight is 157 g/mol. The maximum atomic E-state index is 8.62. The first-order valence-electron chi connectivity index (χ1n) is 3.34. The van der Waals surface area contributed by atoms with Crippen LogP contribution in [0, 0.1) is 0 Å². The predicted molar refractivity (Wildman–Crippen MR) is 38.6 cm³/mol. The van der Waals surface area contributed by atoms with Crippen LogP contribution >= 0.6 is 0 Å². The van der Waals surface area contributed by atoms with Gasteiger partial charge >= 0.3 is 0 Å². The molecule has 0 aromatic carbocycles. The molecule has 11 heavy (non-hydrogen) atoms. The molecule has 0 amide bonds. The van der Waals surface area contributed by atoms with E-state index < -0.39 is 6.04 Å². The van der Waals surface area contributed by atoms with Crippen LogP contribution in [0.3, 0.4) is 0 Å². The summed E-state index contributed by atoms with van der Waals surface area (Å²) in [6, 6.07) is 2.78. The van der Waals surface area contributed by atoms with Crippen molar-refractivity contribution in [3.05, 3.63) is 23.7 Å². The molecule has 4 N–H and O–H groups in total. The summed E-state index contributed by atoms with van der Waals surface area (Å²) in [5.41, 5.74) is 5.44. The molecule has 0 aliphatic carbocycles. The maximum absolute atomic E-state index is 8.62. The minimum Gasteiger partial charge on any atom is -0.462 e. The van der Waals surface area contributed by atoms with E-state index in [4.69, 9.17) is 20.4 Å². The number of hydrogen-bond acceptors (Lipinski definition) is 4. The van der Waals surface area contributed by atoms with Crippen molar-refractivity contribution in [2.75, 3.05) is 6.61 Å². The van der Waals surface area contributed by atoms with Crippen molar-refractivity contribution >= 4 is 0 Å². The smallest absolute Gasteiger partial charge is 0.129 e. The molecule has 62 valence electrons. The molecule has 0 fully saturated rings. The number of aliphatic hydroxyl groups excluding tert-OH is 2. The van der Waals surface area contributed by atoms with Gasteiger partial charge in [-0.3, -0.25) is 0 Å². The SMILES string of the molecule is NC(CO)c1ccc(CO)o1. The molecule has 4 nitrogen and oxygen atoms in total. The second-order valence-electron chi connectivity index (χ2n) is 2.25. The van der Waals surface area contributed by atoms with Crippen molar-refractivity contribution in [3.8, 4) is 0 Å². The molecule has 1 aromatic rings. The normalized spacial score (nSPS) is 13.4. The molecule has 0 radical (unpaired) electrons. The van der Waals surface area contributed by atoms with E-state index in [1.807, 2.05) is 0 Å². The van der Waals surface area contributed by atoms with Gasteiger partial charge in [0, 0.05) is 0 Å². The molecule has 1 rings (SSSR count). The van der Waals surface area contributed by atoms with Gasteiger partial charge in [0.25, 0.3) is 0 Å². The molecule has 1 atom stereocenters. The Morgan fingerprint density at radius 2 is 2.18 bits per heavy atom. The Bertz CT molecular complexity index is 221. The molecule has 1 aromatic heterocycles. The summed E-state index contributed by atoms with van der Waals surface area (Å²) in [6.07, 6.45) is 0. The van der Waals surface area contributed by atoms with E-state index in [0.717, 1.165) is 0 Å². The topological polar surface area (TPSA) is 79.6 Å². The van der Waals surface area contributed by atoms with Crippen molar-refractivity contribution < 1.29 is 14.6 Å². The Labute approximate surface area is 64.2 Å². The second-order valence-corrected chi connectivity index (χ2v) is 2.25. The summed E-state index contributed by atoms with van der Waals surface area (Å²) in [7, 11) is 0. The minimum absolute atomic E-state index is 0.141. The highest BCUT2D eigenvalue weighted by atomic mass is 16.4. The van der Waals surface area contributed by atoms with E-state index in [1.165, 1.54) is 0 Å². The molecule has 0 spiro atoms. The molecule has 1 heterocycles. The van der Waals surface area contributed by atoms with Gasteiger partial charge in [-0.2, -0.15) is 0 Å². The van der Waals surface area contributed by atoms with Crippen LogP contribution in [0.1, 0.15) is 17.6 Å². The Morgan fingerprint density at radius 3 is 2.64 bits per heavy atom. The van der Waals surface area contributed by atoms with Crippen LogP contribution in [0.25, 0.3) is 0 Å². The summed E-state index contributed by atoms with van der Waals surface area (Å²) in [6.45, 7) is -0.295. The van der Waals surface area contributed by atoms with E-state index in [0.29, 0.717) is 11.5 Å². The van der Waals surface area contributed by atoms with Crippen LogP contribution < -0.4 is 5.73 Å². The fraction of sp³-hybridized carbons (Fsp3) is 0.429. The van der Waals surface area contributed by atoms with Gasteiger partial charge in [-0.25, -0.2) is 0 Å². The standard InChI is InChI=1S/C7H11NO3/c8-6(4-10)7-2-1-5(3-9)11-7/h1-2,6,9-10H,3-4,8H2. The molecule has 4 heteroatoms. The molecule has 0 aliphatic heterocycles. The number of hydrogen-bond donors (Lipinski definition) is 3. The van der Waals surface area contributed by atoms with Crippen molar-refractivity contribution in [2.24, 2.45) is 5.73 Å². The predicted octanol–water partition coefficient (Wildman–Crippen LogP) is -0.236. The van der Waals surface area contributed by atoms with E-state index in [1.54, 1.807) is 12.1 Å². The van der Waals surface area contributed by atoms with Gasteiger partial charge in [-0.1, -0.05) is 0 Å². The van der Waals surface area contributed by atoms with Crippen molar-refractivity contribution in [1.82, 2.24) is 0 Å². The van der Waals surface area contributed by atoms with Crippen LogP contribution in [0.15, 0.2) is 16.5 Å². The summed E-state index contributed by atoms with van der Waals surface area (Å²) < 4.78 is 5.05. The first-order chi connectivity index (χ1) is 5.27. The summed E-state index contributed by atoms with van der Waals surface area (Å²) in [5.74, 6) is 0.959. The maximum Gasteiger partial charge on any atom is 0.129 e. The lowest BCUT2D eigenvalue weighted by molar-refractivity contribution is 0.224. The largest absolute Gasteiger partial charge is 0.462 e. The molecule has 0 saturated carbocycles. The molecule has 0 saturated heterocycles. The van der Waals surface area contributed by atoms with Gasteiger partial charge in [-0.15, -0.1) is 0 Å². The second kappa shape index (κ2) is 3.52. The van der Waals surface area contributed by atoms with Gasteiger partial charge in [-0.05, 0) is 12.1 Å². The van der Waals surface area contributed by atoms with E-state index in [2.05, 4.69) is 0 Å². The van der Waals surface area contributed by atoms with Crippen LogP contribution in [-0.2, 0) is 6.61 Å². The van der Waals surface area contributed by atoms with Gasteiger partial charge in [0.2, 0.25) is 0 Å². The third kappa shape index (κ3) is 1.80. The first kappa shape index (κ1) is 8.26. The summed E-state index contributed by atoms with van der Waals surface area (Å²) in [4.78, 5) is 0. The van der Waals surface area contributed by atoms with Crippen molar-refractivity contribution in [3.63, 3.8) is 0 Å². The fourth-order valence-electron chi connectivity index (χ4n) is 0.769. The number of nitrogens with two attached hydrogens (primary N) is 1. The molecular weight excluding hydrogens is 146 g/mol. The Kier molecular flexibility index (Phi) is 2.64. The van der Waals surface area contributed by atoms with Crippen LogP contribution in [0.2, 0.25) is 0 Å². The van der Waals surface area contributed by atoms with Crippen LogP contribution in [-0.4, -0.2) is 16.8 Å². The first-order valence-corrected chi connectivity index (χ1v) is 3.34. The van der Waals surface area contributed by atoms with E-state index in [9.17, 15) is 0 Å². The highest BCUT2D eigenvalue weighted by Gasteiger charge is 2.08. The monoisotopic (exact) mass is 157 g/mol. The number of aliphatic hydroxyl groups is 2. The zero-order chi connectivity index (χ0) is 8.27. The highest BCUT2D eigenvalue weighted by molar-refractivity contribution is 5.09. The van der Waals surface area contributed by atoms with Gasteiger partial charge in [0.05, 0.1) is 12.6 Å².